The highest BCUT2D eigenvalue weighted by Gasteiger charge is 2.36. The van der Waals surface area contributed by atoms with Crippen LogP contribution in [0.2, 0.25) is 0 Å². The van der Waals surface area contributed by atoms with Gasteiger partial charge in [-0.15, -0.1) is 0 Å². The van der Waals surface area contributed by atoms with Crippen molar-refractivity contribution in [2.45, 2.75) is 26.3 Å². The molecule has 0 unspecified atom stereocenters. The lowest BCUT2D eigenvalue weighted by molar-refractivity contribution is -0.135. The molecule has 1 saturated heterocycles. The number of carbonyl (C=O) groups excluding carboxylic acids is 1. The van der Waals surface area contributed by atoms with Crippen LogP contribution in [0.4, 0.5) is 4.39 Å². The molecule has 29 heavy (non-hydrogen) atoms. The molecule has 0 spiro atoms. The Balaban J connectivity index is 1.79. The standard InChI is InChI=1S/C23H32FN3O2/c1-17(2)23(28)27(10-11-29-3)14-19-13-26(15-21-8-5-9-25-21)16-22(19)18-6-4-7-20(24)12-18/h4-9,12,17,19,22,25H,10-11,13-16H2,1-3H3/t19-,22+/m1/s1. The van der Waals surface area contributed by atoms with Crippen LogP contribution in [0.3, 0.4) is 0 Å². The highest BCUT2D eigenvalue weighted by atomic mass is 19.1. The molecule has 2 heterocycles. The van der Waals surface area contributed by atoms with Crippen LogP contribution in [0.25, 0.3) is 0 Å². The number of aromatic nitrogens is 1. The van der Waals surface area contributed by atoms with E-state index >= 15 is 0 Å². The number of rotatable bonds is 9. The second-order valence-electron chi connectivity index (χ2n) is 8.24. The summed E-state index contributed by atoms with van der Waals surface area (Å²) in [6.45, 7) is 8.15. The van der Waals surface area contributed by atoms with E-state index in [2.05, 4.69) is 16.0 Å². The fraction of sp³-hybridized carbons (Fsp3) is 0.522. The number of methoxy groups -OCH3 is 1. The van der Waals surface area contributed by atoms with E-state index in [0.717, 1.165) is 30.9 Å². The SMILES string of the molecule is COCCN(C[C@H]1CN(Cc2ccc[nH]2)C[C@H]1c1cccc(F)c1)C(=O)C(C)C. The van der Waals surface area contributed by atoms with Gasteiger partial charge in [-0.05, 0) is 35.7 Å². The van der Waals surface area contributed by atoms with Gasteiger partial charge in [0.25, 0.3) is 0 Å². The maximum Gasteiger partial charge on any atom is 0.225 e. The van der Waals surface area contributed by atoms with E-state index in [9.17, 15) is 9.18 Å². The lowest BCUT2D eigenvalue weighted by Crippen LogP contribution is -2.41. The van der Waals surface area contributed by atoms with Crippen molar-refractivity contribution in [3.8, 4) is 0 Å². The van der Waals surface area contributed by atoms with Crippen molar-refractivity contribution >= 4 is 5.91 Å². The zero-order valence-corrected chi connectivity index (χ0v) is 17.6. The summed E-state index contributed by atoms with van der Waals surface area (Å²) in [6, 6.07) is 11.0. The molecule has 6 heteroatoms. The first-order valence-electron chi connectivity index (χ1n) is 10.4. The number of aromatic amines is 1. The van der Waals surface area contributed by atoms with Crippen molar-refractivity contribution in [3.63, 3.8) is 0 Å². The van der Waals surface area contributed by atoms with Crippen molar-refractivity contribution in [2.24, 2.45) is 11.8 Å². The van der Waals surface area contributed by atoms with Gasteiger partial charge >= 0.3 is 0 Å². The molecule has 1 aliphatic heterocycles. The highest BCUT2D eigenvalue weighted by molar-refractivity contribution is 5.78. The summed E-state index contributed by atoms with van der Waals surface area (Å²) in [5.41, 5.74) is 2.17. The molecule has 1 aromatic heterocycles. The van der Waals surface area contributed by atoms with Crippen LogP contribution in [0.1, 0.15) is 31.0 Å². The number of benzene rings is 1. The normalized spacial score (nSPS) is 19.8. The number of nitrogens with one attached hydrogen (secondary N) is 1. The second kappa shape index (κ2) is 10.0. The molecule has 2 atom stereocenters. The minimum absolute atomic E-state index is 0.0594. The molecule has 0 bridgehead atoms. The lowest BCUT2D eigenvalue weighted by atomic mass is 9.88. The third kappa shape index (κ3) is 5.67. The Morgan fingerprint density at radius 1 is 1.31 bits per heavy atom. The van der Waals surface area contributed by atoms with Gasteiger partial charge in [-0.2, -0.15) is 0 Å². The molecular weight excluding hydrogens is 369 g/mol. The number of H-pyrrole nitrogens is 1. The Morgan fingerprint density at radius 2 is 2.14 bits per heavy atom. The number of carbonyl (C=O) groups is 1. The second-order valence-corrected chi connectivity index (χ2v) is 8.24. The predicted molar refractivity (Wildman–Crippen MR) is 112 cm³/mol. The number of nitrogens with zero attached hydrogens (tertiary/aromatic N) is 2. The van der Waals surface area contributed by atoms with Gasteiger partial charge in [0.05, 0.1) is 6.61 Å². The smallest absolute Gasteiger partial charge is 0.225 e. The minimum Gasteiger partial charge on any atom is -0.383 e. The molecule has 0 radical (unpaired) electrons. The molecule has 3 rings (SSSR count). The van der Waals surface area contributed by atoms with Gasteiger partial charge in [-0.25, -0.2) is 4.39 Å². The van der Waals surface area contributed by atoms with Crippen LogP contribution < -0.4 is 0 Å². The third-order valence-electron chi connectivity index (χ3n) is 5.68. The topological polar surface area (TPSA) is 48.6 Å². The van der Waals surface area contributed by atoms with Crippen molar-refractivity contribution in [1.82, 2.24) is 14.8 Å². The van der Waals surface area contributed by atoms with Crippen LogP contribution in [0.5, 0.6) is 0 Å². The van der Waals surface area contributed by atoms with Crippen molar-refractivity contribution < 1.29 is 13.9 Å². The number of amides is 1. The fourth-order valence-corrected chi connectivity index (χ4v) is 4.24. The molecule has 0 saturated carbocycles. The van der Waals surface area contributed by atoms with Gasteiger partial charge in [-0.3, -0.25) is 9.69 Å². The van der Waals surface area contributed by atoms with E-state index in [1.165, 1.54) is 6.07 Å². The van der Waals surface area contributed by atoms with E-state index < -0.39 is 0 Å². The van der Waals surface area contributed by atoms with Crippen LogP contribution in [-0.4, -0.2) is 60.6 Å². The Bertz CT molecular complexity index is 778. The molecule has 5 nitrogen and oxygen atoms in total. The van der Waals surface area contributed by atoms with Gasteiger partial charge in [0, 0.05) is 63.6 Å². The van der Waals surface area contributed by atoms with Gasteiger partial charge < -0.3 is 14.6 Å². The minimum atomic E-state index is -0.210. The molecule has 2 aromatic rings. The summed E-state index contributed by atoms with van der Waals surface area (Å²) in [5.74, 6) is 0.300. The average molecular weight is 402 g/mol. The monoisotopic (exact) mass is 401 g/mol. The Hall–Kier alpha value is -2.18. The number of ether oxygens (including phenoxy) is 1. The molecule has 1 N–H and O–H groups in total. The molecule has 1 amide bonds. The molecule has 1 aromatic carbocycles. The molecular formula is C23H32FN3O2. The number of halogens is 1. The van der Waals surface area contributed by atoms with E-state index in [1.807, 2.05) is 37.1 Å². The van der Waals surface area contributed by atoms with E-state index in [4.69, 9.17) is 4.74 Å². The zero-order valence-electron chi connectivity index (χ0n) is 17.6. The van der Waals surface area contributed by atoms with Crippen LogP contribution >= 0.6 is 0 Å². The Labute approximate surface area is 172 Å². The van der Waals surface area contributed by atoms with E-state index in [-0.39, 0.29) is 29.5 Å². The summed E-state index contributed by atoms with van der Waals surface area (Å²) in [7, 11) is 1.65. The maximum atomic E-state index is 13.9. The van der Waals surface area contributed by atoms with E-state index in [0.29, 0.717) is 19.7 Å². The summed E-state index contributed by atoms with van der Waals surface area (Å²) >= 11 is 0. The number of hydrogen-bond acceptors (Lipinski definition) is 3. The van der Waals surface area contributed by atoms with Gasteiger partial charge in [-0.1, -0.05) is 26.0 Å². The summed E-state index contributed by atoms with van der Waals surface area (Å²) in [5, 5.41) is 0. The molecule has 0 aliphatic carbocycles. The van der Waals surface area contributed by atoms with Gasteiger partial charge in [0.15, 0.2) is 0 Å². The first-order chi connectivity index (χ1) is 14.0. The lowest BCUT2D eigenvalue weighted by Gasteiger charge is -2.29. The average Bonchev–Trinajstić information content (AvgIpc) is 3.34. The number of hydrogen-bond donors (Lipinski definition) is 1. The highest BCUT2D eigenvalue weighted by Crippen LogP contribution is 2.34. The Kier molecular flexibility index (Phi) is 7.45. The van der Waals surface area contributed by atoms with Crippen LogP contribution in [0.15, 0.2) is 42.6 Å². The number of likely N-dealkylation sites (tertiary alicyclic amines) is 1. The first kappa shape index (κ1) is 21.5. The summed E-state index contributed by atoms with van der Waals surface area (Å²) in [6.07, 6.45) is 1.93. The van der Waals surface area contributed by atoms with Gasteiger partial charge in [0.1, 0.15) is 5.82 Å². The predicted octanol–water partition coefficient (Wildman–Crippen LogP) is 3.50. The van der Waals surface area contributed by atoms with Crippen molar-refractivity contribution in [3.05, 3.63) is 59.7 Å². The fourth-order valence-electron chi connectivity index (χ4n) is 4.24. The van der Waals surface area contributed by atoms with Crippen LogP contribution in [0, 0.1) is 17.7 Å². The summed E-state index contributed by atoms with van der Waals surface area (Å²) < 4.78 is 19.1. The summed E-state index contributed by atoms with van der Waals surface area (Å²) in [4.78, 5) is 20.3. The molecule has 1 aliphatic rings. The maximum absolute atomic E-state index is 13.9. The third-order valence-corrected chi connectivity index (χ3v) is 5.68. The molecule has 1 fully saturated rings. The molecule has 158 valence electrons. The Morgan fingerprint density at radius 3 is 2.79 bits per heavy atom. The van der Waals surface area contributed by atoms with Crippen LogP contribution in [-0.2, 0) is 16.1 Å². The largest absolute Gasteiger partial charge is 0.383 e. The van der Waals surface area contributed by atoms with Gasteiger partial charge in [0.2, 0.25) is 5.91 Å². The van der Waals surface area contributed by atoms with E-state index in [1.54, 1.807) is 19.2 Å². The first-order valence-corrected chi connectivity index (χ1v) is 10.4. The van der Waals surface area contributed by atoms with Crippen molar-refractivity contribution in [1.29, 1.82) is 0 Å². The quantitative estimate of drug-likeness (QED) is 0.700. The van der Waals surface area contributed by atoms with Crippen molar-refractivity contribution in [2.75, 3.05) is 39.9 Å². The zero-order chi connectivity index (χ0) is 20.8.